The zero-order chi connectivity index (χ0) is 24.3. The van der Waals surface area contributed by atoms with Gasteiger partial charge in [0.2, 0.25) is 5.91 Å². The smallest absolute Gasteiger partial charge is 0.257 e. The van der Waals surface area contributed by atoms with Crippen molar-refractivity contribution in [1.82, 2.24) is 9.97 Å². The summed E-state index contributed by atoms with van der Waals surface area (Å²) in [6, 6.07) is 6.77. The molecule has 0 radical (unpaired) electrons. The Morgan fingerprint density at radius 1 is 1.12 bits per heavy atom. The molecule has 1 amide bonds. The second-order valence-electron chi connectivity index (χ2n) is 7.97. The van der Waals surface area contributed by atoms with Crippen molar-refractivity contribution in [2.24, 2.45) is 0 Å². The van der Waals surface area contributed by atoms with Crippen molar-refractivity contribution in [3.8, 4) is 0 Å². The van der Waals surface area contributed by atoms with E-state index in [2.05, 4.69) is 43.0 Å². The van der Waals surface area contributed by atoms with Gasteiger partial charge in [-0.25, -0.2) is 18.4 Å². The number of aromatic nitrogens is 2. The van der Waals surface area contributed by atoms with Crippen LogP contribution in [0.3, 0.4) is 0 Å². The van der Waals surface area contributed by atoms with Crippen LogP contribution >= 0.6 is 35.3 Å². The lowest BCUT2D eigenvalue weighted by atomic mass is 10.3. The molecule has 0 unspecified atom stereocenters. The number of thioether (sulfide) groups is 3. The van der Waals surface area contributed by atoms with Crippen LogP contribution in [0.25, 0.3) is 11.1 Å². The van der Waals surface area contributed by atoms with E-state index in [0.717, 1.165) is 39.3 Å². The molecule has 0 atom stereocenters. The first-order valence-corrected chi connectivity index (χ1v) is 14.9. The topological polar surface area (TPSA) is 102 Å². The number of benzene rings is 1. The minimum absolute atomic E-state index is 0.0620. The number of fused-ring (bicyclic) bond motifs is 1. The number of hydrogen-bond acceptors (Lipinski definition) is 9. The average Bonchev–Trinajstić information content (AvgIpc) is 3.10. The number of nitrogens with one attached hydrogen (secondary N) is 1. The van der Waals surface area contributed by atoms with E-state index in [4.69, 9.17) is 4.42 Å². The number of hydrogen-bond donors (Lipinski definition) is 1. The van der Waals surface area contributed by atoms with E-state index in [1.54, 1.807) is 35.7 Å². The van der Waals surface area contributed by atoms with Crippen molar-refractivity contribution in [2.45, 2.75) is 65.2 Å². The summed E-state index contributed by atoms with van der Waals surface area (Å²) in [6.45, 7) is 10.3. The molecule has 0 aliphatic heterocycles. The van der Waals surface area contributed by atoms with Crippen LogP contribution in [0.1, 0.15) is 33.4 Å². The fourth-order valence-corrected chi connectivity index (χ4v) is 6.39. The first-order chi connectivity index (χ1) is 15.4. The SMILES string of the molecule is Cc1cc(SC(C)C)c(NC(=O)CSc2nc3cccc(S(C)(=O)=O)c3o2)c(SC(C)C)n1. The second kappa shape index (κ2) is 10.7. The first kappa shape index (κ1) is 25.9. The van der Waals surface area contributed by atoms with Crippen LogP contribution in [-0.4, -0.2) is 46.8 Å². The molecule has 33 heavy (non-hydrogen) atoms. The van der Waals surface area contributed by atoms with Crippen molar-refractivity contribution in [3.63, 3.8) is 0 Å². The second-order valence-corrected chi connectivity index (χ2v) is 14.1. The molecule has 1 aromatic carbocycles. The lowest BCUT2D eigenvalue weighted by Gasteiger charge is -2.17. The fourth-order valence-electron chi connectivity index (χ4n) is 2.95. The maximum Gasteiger partial charge on any atom is 0.257 e. The van der Waals surface area contributed by atoms with Crippen molar-refractivity contribution in [2.75, 3.05) is 17.3 Å². The van der Waals surface area contributed by atoms with Gasteiger partial charge in [0, 0.05) is 27.3 Å². The predicted octanol–water partition coefficient (Wildman–Crippen LogP) is 5.67. The lowest BCUT2D eigenvalue weighted by molar-refractivity contribution is -0.113. The van der Waals surface area contributed by atoms with E-state index >= 15 is 0 Å². The quantitative estimate of drug-likeness (QED) is 0.354. The molecule has 2 aromatic heterocycles. The number of aryl methyl sites for hydroxylation is 1. The zero-order valence-corrected chi connectivity index (χ0v) is 22.6. The molecule has 2 heterocycles. The van der Waals surface area contributed by atoms with Gasteiger partial charge in [-0.1, -0.05) is 45.5 Å². The first-order valence-electron chi connectivity index (χ1n) is 10.3. The van der Waals surface area contributed by atoms with Crippen molar-refractivity contribution >= 4 is 67.8 Å². The molecule has 0 aliphatic rings. The Labute approximate surface area is 207 Å². The number of carbonyl (C=O) groups excluding carboxylic acids is 1. The van der Waals surface area contributed by atoms with Crippen molar-refractivity contribution < 1.29 is 17.6 Å². The third kappa shape index (κ3) is 6.91. The van der Waals surface area contributed by atoms with Crippen LogP contribution in [-0.2, 0) is 14.6 Å². The van der Waals surface area contributed by atoms with Crippen LogP contribution < -0.4 is 5.32 Å². The number of para-hydroxylation sites is 1. The standard InChI is InChI=1S/C22H27N3O4S4/c1-12(2)31-16-10-14(5)23-21(32-13(3)4)19(16)25-18(26)11-30-22-24-15-8-7-9-17(20(15)29-22)33(6,27)28/h7-10,12-13H,11H2,1-6H3,(H,25,26). The van der Waals surface area contributed by atoms with Gasteiger partial charge < -0.3 is 9.73 Å². The van der Waals surface area contributed by atoms with Gasteiger partial charge in [0.25, 0.3) is 5.22 Å². The molecular weight excluding hydrogens is 499 g/mol. The van der Waals surface area contributed by atoms with Gasteiger partial charge in [-0.15, -0.1) is 23.5 Å². The minimum atomic E-state index is -3.46. The minimum Gasteiger partial charge on any atom is -0.430 e. The molecule has 3 rings (SSSR count). The van der Waals surface area contributed by atoms with Gasteiger partial charge in [-0.05, 0) is 25.1 Å². The Balaban J connectivity index is 1.81. The van der Waals surface area contributed by atoms with Gasteiger partial charge in [0.1, 0.15) is 15.4 Å². The molecule has 0 aliphatic carbocycles. The number of sulfone groups is 1. The Hall–Kier alpha value is -1.69. The summed E-state index contributed by atoms with van der Waals surface area (Å²) in [5, 5.41) is 4.72. The summed E-state index contributed by atoms with van der Waals surface area (Å²) in [7, 11) is -3.46. The Bertz CT molecular complexity index is 1240. The van der Waals surface area contributed by atoms with Crippen LogP contribution in [0.15, 0.2) is 48.7 Å². The highest BCUT2D eigenvalue weighted by atomic mass is 32.2. The normalized spacial score (nSPS) is 12.1. The Morgan fingerprint density at radius 3 is 2.45 bits per heavy atom. The molecular formula is C22H27N3O4S4. The molecule has 0 fully saturated rings. The van der Waals surface area contributed by atoms with Crippen LogP contribution in [0, 0.1) is 6.92 Å². The van der Waals surface area contributed by atoms with Crippen LogP contribution in [0.2, 0.25) is 0 Å². The number of rotatable bonds is 9. The molecule has 7 nitrogen and oxygen atoms in total. The number of pyridine rings is 1. The molecule has 0 saturated carbocycles. The fraction of sp³-hybridized carbons (Fsp3) is 0.409. The van der Waals surface area contributed by atoms with E-state index in [1.165, 1.54) is 6.07 Å². The van der Waals surface area contributed by atoms with Gasteiger partial charge in [-0.2, -0.15) is 0 Å². The largest absolute Gasteiger partial charge is 0.430 e. The summed E-state index contributed by atoms with van der Waals surface area (Å²) >= 11 is 4.41. The van der Waals surface area contributed by atoms with E-state index in [9.17, 15) is 13.2 Å². The number of anilines is 1. The highest BCUT2D eigenvalue weighted by Gasteiger charge is 2.20. The lowest BCUT2D eigenvalue weighted by Crippen LogP contribution is -2.16. The van der Waals surface area contributed by atoms with Gasteiger partial charge >= 0.3 is 0 Å². The van der Waals surface area contributed by atoms with E-state index in [0.29, 0.717) is 16.0 Å². The number of amides is 1. The van der Waals surface area contributed by atoms with Gasteiger partial charge in [0.05, 0.1) is 11.4 Å². The van der Waals surface area contributed by atoms with Crippen LogP contribution in [0.4, 0.5) is 5.69 Å². The van der Waals surface area contributed by atoms with Crippen molar-refractivity contribution in [1.29, 1.82) is 0 Å². The summed E-state index contributed by atoms with van der Waals surface area (Å²) in [4.78, 5) is 22.9. The van der Waals surface area contributed by atoms with Gasteiger partial charge in [-0.3, -0.25) is 4.79 Å². The molecule has 0 saturated heterocycles. The molecule has 1 N–H and O–H groups in total. The summed E-state index contributed by atoms with van der Waals surface area (Å²) in [5.41, 5.74) is 2.27. The monoisotopic (exact) mass is 525 g/mol. The average molecular weight is 526 g/mol. The molecule has 3 aromatic rings. The van der Waals surface area contributed by atoms with E-state index < -0.39 is 9.84 Å². The zero-order valence-electron chi connectivity index (χ0n) is 19.3. The maximum absolute atomic E-state index is 12.8. The van der Waals surface area contributed by atoms with Crippen molar-refractivity contribution in [3.05, 3.63) is 30.0 Å². The van der Waals surface area contributed by atoms with Crippen LogP contribution in [0.5, 0.6) is 0 Å². The highest BCUT2D eigenvalue weighted by Crippen LogP contribution is 2.39. The Morgan fingerprint density at radius 2 is 1.82 bits per heavy atom. The predicted molar refractivity (Wildman–Crippen MR) is 137 cm³/mol. The van der Waals surface area contributed by atoms with E-state index in [-0.39, 0.29) is 27.4 Å². The summed E-state index contributed by atoms with van der Waals surface area (Å²) in [6.07, 6.45) is 1.12. The third-order valence-electron chi connectivity index (χ3n) is 4.14. The number of oxazole rings is 1. The molecule has 0 bridgehead atoms. The molecule has 178 valence electrons. The summed E-state index contributed by atoms with van der Waals surface area (Å²) < 4.78 is 29.7. The maximum atomic E-state index is 12.8. The summed E-state index contributed by atoms with van der Waals surface area (Å²) in [5.74, 6) is -0.153. The highest BCUT2D eigenvalue weighted by molar-refractivity contribution is 8.01. The Kier molecular flexibility index (Phi) is 8.41. The van der Waals surface area contributed by atoms with E-state index in [1.807, 2.05) is 13.0 Å². The number of nitrogens with zero attached hydrogens (tertiary/aromatic N) is 2. The molecule has 0 spiro atoms. The third-order valence-corrected chi connectivity index (χ3v) is 8.12. The molecule has 11 heteroatoms. The van der Waals surface area contributed by atoms with Gasteiger partial charge in [0.15, 0.2) is 15.4 Å². The number of carbonyl (C=O) groups is 1.